The van der Waals surface area contributed by atoms with Crippen LogP contribution in [0.1, 0.15) is 27.2 Å². The van der Waals surface area contributed by atoms with E-state index in [1.807, 2.05) is 13.8 Å². The zero-order valence-corrected chi connectivity index (χ0v) is 13.0. The van der Waals surface area contributed by atoms with Crippen molar-refractivity contribution in [2.45, 2.75) is 38.1 Å². The molecular formula is C14H22N2O3S. The van der Waals surface area contributed by atoms with Crippen LogP contribution in [0.5, 0.6) is 0 Å². The van der Waals surface area contributed by atoms with Crippen molar-refractivity contribution < 1.29 is 13.2 Å². The van der Waals surface area contributed by atoms with Gasteiger partial charge in [-0.15, -0.1) is 0 Å². The van der Waals surface area contributed by atoms with Crippen LogP contribution in [0.15, 0.2) is 29.2 Å². The maximum atomic E-state index is 11.9. The van der Waals surface area contributed by atoms with Crippen molar-refractivity contribution in [2.24, 2.45) is 0 Å². The predicted molar refractivity (Wildman–Crippen MR) is 80.6 cm³/mol. The summed E-state index contributed by atoms with van der Waals surface area (Å²) in [6.45, 7) is 5.81. The van der Waals surface area contributed by atoms with E-state index in [-0.39, 0.29) is 22.6 Å². The molecule has 5 nitrogen and oxygen atoms in total. The minimum atomic E-state index is -3.26. The Bertz CT molecular complexity index is 553. The fourth-order valence-corrected chi connectivity index (χ4v) is 2.82. The Morgan fingerprint density at radius 2 is 1.90 bits per heavy atom. The Morgan fingerprint density at radius 3 is 2.50 bits per heavy atom. The van der Waals surface area contributed by atoms with E-state index in [4.69, 9.17) is 0 Å². The fraction of sp³-hybridized carbons (Fsp3) is 0.500. The molecule has 0 aliphatic rings. The molecule has 0 unspecified atom stereocenters. The molecule has 6 heteroatoms. The zero-order chi connectivity index (χ0) is 15.2. The number of rotatable bonds is 7. The number of para-hydroxylation sites is 1. The lowest BCUT2D eigenvalue weighted by Crippen LogP contribution is -2.31. The number of amides is 1. The smallest absolute Gasteiger partial charge is 0.221 e. The third-order valence-corrected chi connectivity index (χ3v) is 4.51. The summed E-state index contributed by atoms with van der Waals surface area (Å²) >= 11 is 0. The first-order chi connectivity index (χ1) is 9.36. The molecule has 0 bridgehead atoms. The highest BCUT2D eigenvalue weighted by molar-refractivity contribution is 7.91. The van der Waals surface area contributed by atoms with Crippen LogP contribution in [0.2, 0.25) is 0 Å². The van der Waals surface area contributed by atoms with Gasteiger partial charge in [-0.3, -0.25) is 4.79 Å². The Labute approximate surface area is 120 Å². The van der Waals surface area contributed by atoms with Gasteiger partial charge >= 0.3 is 0 Å². The lowest BCUT2D eigenvalue weighted by Gasteiger charge is -2.12. The summed E-state index contributed by atoms with van der Waals surface area (Å²) in [6, 6.07) is 6.86. The quantitative estimate of drug-likeness (QED) is 0.805. The summed E-state index contributed by atoms with van der Waals surface area (Å²) in [5, 5.41) is 5.81. The van der Waals surface area contributed by atoms with Crippen LogP contribution in [0.25, 0.3) is 0 Å². The van der Waals surface area contributed by atoms with E-state index < -0.39 is 9.84 Å². The maximum absolute atomic E-state index is 11.9. The average molecular weight is 298 g/mol. The van der Waals surface area contributed by atoms with Crippen LogP contribution >= 0.6 is 0 Å². The highest BCUT2D eigenvalue weighted by atomic mass is 32.2. The standard InChI is InChI=1S/C14H22N2O3S/c1-4-20(18,19)13-8-6-5-7-12(13)15-10-9-14(17)16-11(2)3/h5-8,11,15H,4,9-10H2,1-3H3,(H,16,17). The lowest BCUT2D eigenvalue weighted by molar-refractivity contribution is -0.121. The number of sulfone groups is 1. The molecule has 0 radical (unpaired) electrons. The Morgan fingerprint density at radius 1 is 1.25 bits per heavy atom. The molecule has 1 rings (SSSR count). The first kappa shape index (κ1) is 16.5. The number of hydrogen-bond acceptors (Lipinski definition) is 4. The second kappa shape index (κ2) is 7.28. The molecule has 1 amide bonds. The molecule has 112 valence electrons. The topological polar surface area (TPSA) is 75.3 Å². The van der Waals surface area contributed by atoms with E-state index in [2.05, 4.69) is 10.6 Å². The first-order valence-electron chi connectivity index (χ1n) is 6.72. The molecule has 0 aliphatic heterocycles. The molecule has 0 saturated carbocycles. The summed E-state index contributed by atoms with van der Waals surface area (Å²) in [7, 11) is -3.26. The van der Waals surface area contributed by atoms with Gasteiger partial charge in [-0.05, 0) is 26.0 Å². The lowest BCUT2D eigenvalue weighted by atomic mass is 10.3. The number of anilines is 1. The highest BCUT2D eigenvalue weighted by Crippen LogP contribution is 2.21. The van der Waals surface area contributed by atoms with Crippen molar-refractivity contribution in [3.63, 3.8) is 0 Å². The van der Waals surface area contributed by atoms with Crippen molar-refractivity contribution in [1.82, 2.24) is 5.32 Å². The van der Waals surface area contributed by atoms with Gasteiger partial charge < -0.3 is 10.6 Å². The fourth-order valence-electron chi connectivity index (χ4n) is 1.74. The van der Waals surface area contributed by atoms with E-state index in [1.165, 1.54) is 0 Å². The van der Waals surface area contributed by atoms with E-state index >= 15 is 0 Å². The van der Waals surface area contributed by atoms with Crippen LogP contribution in [0, 0.1) is 0 Å². The van der Waals surface area contributed by atoms with Gasteiger partial charge in [0.15, 0.2) is 9.84 Å². The van der Waals surface area contributed by atoms with Gasteiger partial charge in [-0.25, -0.2) is 8.42 Å². The Kier molecular flexibility index (Phi) is 6.01. The van der Waals surface area contributed by atoms with Crippen LogP contribution in [-0.4, -0.2) is 32.7 Å². The normalized spacial score (nSPS) is 11.4. The highest BCUT2D eigenvalue weighted by Gasteiger charge is 2.15. The van der Waals surface area contributed by atoms with E-state index in [9.17, 15) is 13.2 Å². The van der Waals surface area contributed by atoms with E-state index in [1.54, 1.807) is 31.2 Å². The summed E-state index contributed by atoms with van der Waals surface area (Å²) in [5.41, 5.74) is 0.548. The number of benzene rings is 1. The van der Waals surface area contributed by atoms with Crippen LogP contribution in [0.4, 0.5) is 5.69 Å². The molecule has 0 aliphatic carbocycles. The molecule has 1 aromatic carbocycles. The van der Waals surface area contributed by atoms with Crippen molar-refractivity contribution in [3.8, 4) is 0 Å². The van der Waals surface area contributed by atoms with Gasteiger partial charge in [-0.1, -0.05) is 19.1 Å². The second-order valence-electron chi connectivity index (χ2n) is 4.80. The molecule has 0 spiro atoms. The van der Waals surface area contributed by atoms with Gasteiger partial charge in [-0.2, -0.15) is 0 Å². The molecule has 0 atom stereocenters. The molecule has 20 heavy (non-hydrogen) atoms. The molecular weight excluding hydrogens is 276 g/mol. The van der Waals surface area contributed by atoms with Crippen LogP contribution < -0.4 is 10.6 Å². The number of hydrogen-bond donors (Lipinski definition) is 2. The Balaban J connectivity index is 2.68. The maximum Gasteiger partial charge on any atom is 0.221 e. The van der Waals surface area contributed by atoms with Gasteiger partial charge in [0.25, 0.3) is 0 Å². The SMILES string of the molecule is CCS(=O)(=O)c1ccccc1NCCC(=O)NC(C)C. The van der Waals surface area contributed by atoms with Crippen molar-refractivity contribution >= 4 is 21.4 Å². The molecule has 0 saturated heterocycles. The van der Waals surface area contributed by atoms with Gasteiger partial charge in [0.2, 0.25) is 5.91 Å². The summed E-state index contributed by atoms with van der Waals surface area (Å²) in [6.07, 6.45) is 0.304. The summed E-state index contributed by atoms with van der Waals surface area (Å²) < 4.78 is 23.9. The summed E-state index contributed by atoms with van der Waals surface area (Å²) in [4.78, 5) is 11.8. The Hall–Kier alpha value is -1.56. The van der Waals surface area contributed by atoms with Crippen molar-refractivity contribution in [2.75, 3.05) is 17.6 Å². The average Bonchev–Trinajstić information content (AvgIpc) is 2.38. The molecule has 0 fully saturated rings. The van der Waals surface area contributed by atoms with Crippen LogP contribution in [-0.2, 0) is 14.6 Å². The third kappa shape index (κ3) is 4.85. The van der Waals surface area contributed by atoms with Gasteiger partial charge in [0.05, 0.1) is 16.3 Å². The minimum absolute atomic E-state index is 0.0525. The van der Waals surface area contributed by atoms with Gasteiger partial charge in [0, 0.05) is 19.0 Å². The first-order valence-corrected chi connectivity index (χ1v) is 8.37. The molecule has 2 N–H and O–H groups in total. The van der Waals surface area contributed by atoms with E-state index in [0.29, 0.717) is 18.7 Å². The second-order valence-corrected chi connectivity index (χ2v) is 7.05. The third-order valence-electron chi connectivity index (χ3n) is 2.72. The summed E-state index contributed by atoms with van der Waals surface area (Å²) in [5.74, 6) is 0.00262. The number of carbonyl (C=O) groups is 1. The van der Waals surface area contributed by atoms with E-state index in [0.717, 1.165) is 0 Å². The molecule has 1 aromatic rings. The monoisotopic (exact) mass is 298 g/mol. The molecule has 0 aromatic heterocycles. The number of carbonyl (C=O) groups excluding carboxylic acids is 1. The van der Waals surface area contributed by atoms with Crippen molar-refractivity contribution in [1.29, 1.82) is 0 Å². The minimum Gasteiger partial charge on any atom is -0.383 e. The largest absolute Gasteiger partial charge is 0.383 e. The zero-order valence-electron chi connectivity index (χ0n) is 12.1. The molecule has 0 heterocycles. The van der Waals surface area contributed by atoms with Gasteiger partial charge in [0.1, 0.15) is 0 Å². The van der Waals surface area contributed by atoms with Crippen molar-refractivity contribution in [3.05, 3.63) is 24.3 Å². The number of nitrogens with one attached hydrogen (secondary N) is 2. The van der Waals surface area contributed by atoms with Crippen LogP contribution in [0.3, 0.4) is 0 Å². The predicted octanol–water partition coefficient (Wildman–Crippen LogP) is 1.81.